The van der Waals surface area contributed by atoms with Gasteiger partial charge in [-0.3, -0.25) is 4.79 Å². The van der Waals surface area contributed by atoms with Crippen molar-refractivity contribution in [2.45, 2.75) is 47.1 Å². The summed E-state index contributed by atoms with van der Waals surface area (Å²) in [6.45, 7) is 12.4. The molecular weight excluding hydrogens is 302 g/mol. The van der Waals surface area contributed by atoms with Crippen LogP contribution in [-0.2, 0) is 4.79 Å². The number of ether oxygens (including phenoxy) is 1. The van der Waals surface area contributed by atoms with Crippen LogP contribution in [0.3, 0.4) is 0 Å². The largest absolute Gasteiger partial charge is 0.476 e. The van der Waals surface area contributed by atoms with Crippen molar-refractivity contribution in [3.63, 3.8) is 0 Å². The number of piperidine rings is 1. The molecule has 1 fully saturated rings. The van der Waals surface area contributed by atoms with Crippen molar-refractivity contribution >= 4 is 5.91 Å². The highest BCUT2D eigenvalue weighted by Crippen LogP contribution is 2.22. The van der Waals surface area contributed by atoms with Gasteiger partial charge in [0, 0.05) is 24.3 Å². The molecule has 1 amide bonds. The van der Waals surface area contributed by atoms with Gasteiger partial charge in [-0.1, -0.05) is 6.92 Å². The summed E-state index contributed by atoms with van der Waals surface area (Å²) in [5.74, 6) is 1.12. The van der Waals surface area contributed by atoms with Gasteiger partial charge in [0.25, 0.3) is 0 Å². The number of pyridine rings is 1. The van der Waals surface area contributed by atoms with Crippen molar-refractivity contribution in [3.8, 4) is 5.88 Å². The molecule has 2 heterocycles. The molecule has 1 N–H and O–H groups in total. The molecule has 5 nitrogen and oxygen atoms in total. The minimum Gasteiger partial charge on any atom is -0.476 e. The predicted octanol–water partition coefficient (Wildman–Crippen LogP) is 2.56. The number of carbonyl (C=O) groups excluding carboxylic acids is 1. The molecule has 5 heteroatoms. The van der Waals surface area contributed by atoms with Gasteiger partial charge < -0.3 is 15.0 Å². The molecule has 0 spiro atoms. The van der Waals surface area contributed by atoms with E-state index < -0.39 is 5.41 Å². The Morgan fingerprint density at radius 3 is 2.79 bits per heavy atom. The Morgan fingerprint density at radius 2 is 2.17 bits per heavy atom. The molecule has 0 aromatic carbocycles. The molecule has 1 saturated heterocycles. The maximum absolute atomic E-state index is 12.7. The Balaban J connectivity index is 1.92. The molecule has 24 heavy (non-hydrogen) atoms. The van der Waals surface area contributed by atoms with Crippen LogP contribution in [0.5, 0.6) is 5.88 Å². The quantitative estimate of drug-likeness (QED) is 0.900. The monoisotopic (exact) mass is 333 g/mol. The lowest BCUT2D eigenvalue weighted by atomic mass is 9.89. The summed E-state index contributed by atoms with van der Waals surface area (Å²) in [6, 6.07) is 2.28. The van der Waals surface area contributed by atoms with Gasteiger partial charge in [0.2, 0.25) is 11.8 Å². The number of hydrogen-bond donors (Lipinski definition) is 1. The molecule has 1 aliphatic rings. The SMILES string of the molecule is Cc1cnc(OCC(C)(C)C(=O)N[C@H]2CCN(C)C[C@@H]2C)c(C)c1. The van der Waals surface area contributed by atoms with Crippen molar-refractivity contribution in [3.05, 3.63) is 23.4 Å². The molecule has 1 aromatic heterocycles. The smallest absolute Gasteiger partial charge is 0.229 e. The van der Waals surface area contributed by atoms with E-state index in [0.29, 0.717) is 18.4 Å². The van der Waals surface area contributed by atoms with Gasteiger partial charge >= 0.3 is 0 Å². The predicted molar refractivity (Wildman–Crippen MR) is 96.2 cm³/mol. The van der Waals surface area contributed by atoms with E-state index in [1.54, 1.807) is 6.20 Å². The van der Waals surface area contributed by atoms with Gasteiger partial charge in [-0.25, -0.2) is 4.98 Å². The maximum Gasteiger partial charge on any atom is 0.229 e. The van der Waals surface area contributed by atoms with E-state index in [1.165, 1.54) is 0 Å². The van der Waals surface area contributed by atoms with Gasteiger partial charge in [-0.05, 0) is 65.3 Å². The molecule has 1 aliphatic heterocycles. The molecule has 0 radical (unpaired) electrons. The minimum absolute atomic E-state index is 0.0497. The Kier molecular flexibility index (Phi) is 5.86. The lowest BCUT2D eigenvalue weighted by Crippen LogP contribution is -2.52. The van der Waals surface area contributed by atoms with E-state index in [4.69, 9.17) is 4.74 Å². The van der Waals surface area contributed by atoms with E-state index in [1.807, 2.05) is 33.8 Å². The number of carbonyl (C=O) groups is 1. The second kappa shape index (κ2) is 7.51. The number of aromatic nitrogens is 1. The van der Waals surface area contributed by atoms with Crippen LogP contribution in [-0.4, -0.2) is 48.6 Å². The molecule has 0 bridgehead atoms. The first-order chi connectivity index (χ1) is 11.2. The summed E-state index contributed by atoms with van der Waals surface area (Å²) in [5, 5.41) is 3.22. The third kappa shape index (κ3) is 4.69. The fraction of sp³-hybridized carbons (Fsp3) is 0.684. The molecule has 0 aliphatic carbocycles. The van der Waals surface area contributed by atoms with Crippen molar-refractivity contribution < 1.29 is 9.53 Å². The fourth-order valence-corrected chi connectivity index (χ4v) is 3.10. The van der Waals surface area contributed by atoms with Gasteiger partial charge in [-0.15, -0.1) is 0 Å². The number of aryl methyl sites for hydroxylation is 2. The second-order valence-electron chi connectivity index (χ2n) is 7.92. The van der Waals surface area contributed by atoms with Crippen LogP contribution in [0, 0.1) is 25.2 Å². The summed E-state index contributed by atoms with van der Waals surface area (Å²) in [5.41, 5.74) is 1.51. The first kappa shape index (κ1) is 18.7. The van der Waals surface area contributed by atoms with Crippen LogP contribution < -0.4 is 10.1 Å². The van der Waals surface area contributed by atoms with Gasteiger partial charge in [0.05, 0.1) is 5.41 Å². The van der Waals surface area contributed by atoms with Crippen molar-refractivity contribution in [1.82, 2.24) is 15.2 Å². The van der Waals surface area contributed by atoms with Crippen LogP contribution in [0.1, 0.15) is 38.3 Å². The molecule has 2 rings (SSSR count). The second-order valence-corrected chi connectivity index (χ2v) is 7.92. The third-order valence-corrected chi connectivity index (χ3v) is 4.78. The lowest BCUT2D eigenvalue weighted by molar-refractivity contribution is -0.132. The number of hydrogen-bond acceptors (Lipinski definition) is 4. The van der Waals surface area contributed by atoms with Crippen LogP contribution in [0.25, 0.3) is 0 Å². The lowest BCUT2D eigenvalue weighted by Gasteiger charge is -2.37. The molecule has 1 aromatic rings. The van der Waals surface area contributed by atoms with Gasteiger partial charge in [0.15, 0.2) is 0 Å². The number of rotatable bonds is 5. The first-order valence-corrected chi connectivity index (χ1v) is 8.74. The third-order valence-electron chi connectivity index (χ3n) is 4.78. The normalized spacial score (nSPS) is 22.2. The zero-order valence-corrected chi connectivity index (χ0v) is 15.8. The Hall–Kier alpha value is -1.62. The average Bonchev–Trinajstić information content (AvgIpc) is 2.49. The first-order valence-electron chi connectivity index (χ1n) is 8.74. The summed E-state index contributed by atoms with van der Waals surface area (Å²) >= 11 is 0. The number of nitrogens with one attached hydrogen (secondary N) is 1. The van der Waals surface area contributed by atoms with Crippen LogP contribution >= 0.6 is 0 Å². The van der Waals surface area contributed by atoms with Crippen molar-refractivity contribution in [2.75, 3.05) is 26.7 Å². The summed E-state index contributed by atoms with van der Waals surface area (Å²) < 4.78 is 5.83. The summed E-state index contributed by atoms with van der Waals surface area (Å²) in [6.07, 6.45) is 2.79. The summed E-state index contributed by atoms with van der Waals surface area (Å²) in [4.78, 5) is 19.3. The molecule has 134 valence electrons. The molecular formula is C19H31N3O2. The van der Waals surface area contributed by atoms with E-state index in [9.17, 15) is 4.79 Å². The van der Waals surface area contributed by atoms with Gasteiger partial charge in [0.1, 0.15) is 6.61 Å². The highest BCUT2D eigenvalue weighted by molar-refractivity contribution is 5.82. The topological polar surface area (TPSA) is 54.5 Å². The van der Waals surface area contributed by atoms with Crippen molar-refractivity contribution in [2.24, 2.45) is 11.3 Å². The average molecular weight is 333 g/mol. The van der Waals surface area contributed by atoms with E-state index in [0.717, 1.165) is 30.6 Å². The Bertz CT molecular complexity index is 586. The van der Waals surface area contributed by atoms with Crippen LogP contribution in [0.2, 0.25) is 0 Å². The van der Waals surface area contributed by atoms with Crippen LogP contribution in [0.15, 0.2) is 12.3 Å². The zero-order valence-electron chi connectivity index (χ0n) is 15.8. The number of amides is 1. The number of nitrogens with zero attached hydrogens (tertiary/aromatic N) is 2. The molecule has 0 unspecified atom stereocenters. The fourth-order valence-electron chi connectivity index (χ4n) is 3.10. The molecule has 0 saturated carbocycles. The Morgan fingerprint density at radius 1 is 1.46 bits per heavy atom. The standard InChI is InChI=1S/C19H31N3O2/c1-13-9-14(2)17(20-10-13)24-12-19(4,5)18(23)21-16-7-8-22(6)11-15(16)3/h9-10,15-16H,7-8,11-12H2,1-6H3,(H,21,23)/t15-,16-/m0/s1. The minimum atomic E-state index is -0.595. The number of likely N-dealkylation sites (tertiary alicyclic amines) is 1. The maximum atomic E-state index is 12.7. The van der Waals surface area contributed by atoms with E-state index in [-0.39, 0.29) is 11.9 Å². The highest BCUT2D eigenvalue weighted by atomic mass is 16.5. The van der Waals surface area contributed by atoms with E-state index >= 15 is 0 Å². The van der Waals surface area contributed by atoms with Crippen molar-refractivity contribution in [1.29, 1.82) is 0 Å². The van der Waals surface area contributed by atoms with Crippen LogP contribution in [0.4, 0.5) is 0 Å². The van der Waals surface area contributed by atoms with Gasteiger partial charge in [-0.2, -0.15) is 0 Å². The zero-order chi connectivity index (χ0) is 17.9. The highest BCUT2D eigenvalue weighted by Gasteiger charge is 2.33. The van der Waals surface area contributed by atoms with E-state index in [2.05, 4.69) is 29.2 Å². The Labute approximate surface area is 145 Å². The molecule has 2 atom stereocenters. The summed E-state index contributed by atoms with van der Waals surface area (Å²) in [7, 11) is 2.13.